The van der Waals surface area contributed by atoms with Gasteiger partial charge in [0.05, 0.1) is 16.8 Å². The highest BCUT2D eigenvalue weighted by Gasteiger charge is 2.36. The second-order valence-corrected chi connectivity index (χ2v) is 9.78. The zero-order chi connectivity index (χ0) is 27.2. The van der Waals surface area contributed by atoms with E-state index in [4.69, 9.17) is 4.74 Å². The Balaban J connectivity index is 1.60. The Morgan fingerprint density at radius 1 is 1.13 bits per heavy atom. The number of pyridine rings is 2. The van der Waals surface area contributed by atoms with Crippen molar-refractivity contribution in [3.63, 3.8) is 0 Å². The third-order valence-electron chi connectivity index (χ3n) is 6.56. The van der Waals surface area contributed by atoms with Crippen LogP contribution in [0.5, 0.6) is 0 Å². The molecule has 1 N–H and O–H groups in total. The van der Waals surface area contributed by atoms with E-state index < -0.39 is 11.7 Å². The van der Waals surface area contributed by atoms with Gasteiger partial charge in [0.15, 0.2) is 11.6 Å². The van der Waals surface area contributed by atoms with E-state index in [0.29, 0.717) is 34.8 Å². The Labute approximate surface area is 216 Å². The monoisotopic (exact) mass is 522 g/mol. The number of nitrogens with one attached hydrogen (secondary N) is 1. The summed E-state index contributed by atoms with van der Waals surface area (Å²) in [6, 6.07) is 9.47. The summed E-state index contributed by atoms with van der Waals surface area (Å²) in [4.78, 5) is 31.6. The molecular formula is C27H25F3N6O2. The summed E-state index contributed by atoms with van der Waals surface area (Å²) in [5, 5.41) is 3.25. The van der Waals surface area contributed by atoms with Gasteiger partial charge in [-0.25, -0.2) is 15.0 Å². The molecular weight excluding hydrogens is 497 g/mol. The van der Waals surface area contributed by atoms with Crippen molar-refractivity contribution in [1.82, 2.24) is 19.9 Å². The van der Waals surface area contributed by atoms with Gasteiger partial charge in [-0.3, -0.25) is 9.78 Å². The van der Waals surface area contributed by atoms with Crippen LogP contribution < -0.4 is 10.2 Å². The fraction of sp³-hybridized carbons (Fsp3) is 0.296. The van der Waals surface area contributed by atoms with Crippen molar-refractivity contribution in [3.05, 3.63) is 65.7 Å². The summed E-state index contributed by atoms with van der Waals surface area (Å²) >= 11 is 0. The van der Waals surface area contributed by atoms with Crippen LogP contribution in [-0.4, -0.2) is 40.0 Å². The Kier molecular flexibility index (Phi) is 6.26. The van der Waals surface area contributed by atoms with E-state index in [9.17, 15) is 18.0 Å². The number of carbonyl (C=O) groups excluding carboxylic acids is 1. The topological polar surface area (TPSA) is 93.1 Å². The van der Waals surface area contributed by atoms with Crippen LogP contribution in [0.1, 0.15) is 37.2 Å². The second-order valence-electron chi connectivity index (χ2n) is 9.78. The number of halogens is 3. The van der Waals surface area contributed by atoms with E-state index in [1.807, 2.05) is 32.0 Å². The lowest BCUT2D eigenvalue weighted by Crippen LogP contribution is -2.39. The summed E-state index contributed by atoms with van der Waals surface area (Å²) in [7, 11) is 3.24. The van der Waals surface area contributed by atoms with Gasteiger partial charge in [-0.05, 0) is 35.9 Å². The number of aromatic nitrogens is 4. The highest BCUT2D eigenvalue weighted by Crippen LogP contribution is 2.41. The minimum absolute atomic E-state index is 0.0245. The minimum atomic E-state index is -4.58. The normalized spacial score (nSPS) is 15.0. The molecule has 0 bridgehead atoms. The molecule has 0 saturated carbocycles. The number of ether oxygens (including phenoxy) is 1. The third-order valence-corrected chi connectivity index (χ3v) is 6.56. The molecule has 5 rings (SSSR count). The lowest BCUT2D eigenvalue weighted by atomic mass is 9.77. The number of amides is 1. The zero-order valence-electron chi connectivity index (χ0n) is 21.2. The van der Waals surface area contributed by atoms with Gasteiger partial charge in [0, 0.05) is 55.3 Å². The molecule has 1 amide bonds. The van der Waals surface area contributed by atoms with E-state index in [2.05, 4.69) is 25.3 Å². The molecule has 196 valence electrons. The molecule has 11 heteroatoms. The summed E-state index contributed by atoms with van der Waals surface area (Å²) < 4.78 is 46.0. The van der Waals surface area contributed by atoms with Crippen molar-refractivity contribution >= 4 is 34.1 Å². The summed E-state index contributed by atoms with van der Waals surface area (Å²) in [6.45, 7) is 4.15. The maximum atomic E-state index is 13.6. The van der Waals surface area contributed by atoms with Gasteiger partial charge < -0.3 is 15.0 Å². The van der Waals surface area contributed by atoms with Crippen LogP contribution in [0.25, 0.3) is 22.3 Å². The zero-order valence-corrected chi connectivity index (χ0v) is 21.2. The molecule has 8 nitrogen and oxygen atoms in total. The van der Waals surface area contributed by atoms with Crippen LogP contribution in [0.15, 0.2) is 48.8 Å². The summed E-state index contributed by atoms with van der Waals surface area (Å²) in [6.07, 6.45) is -1.53. The molecule has 1 aliphatic rings. The smallest absolute Gasteiger partial charge is 0.377 e. The molecule has 38 heavy (non-hydrogen) atoms. The van der Waals surface area contributed by atoms with E-state index in [0.717, 1.165) is 17.3 Å². The first-order valence-corrected chi connectivity index (χ1v) is 11.8. The average molecular weight is 523 g/mol. The Morgan fingerprint density at radius 2 is 1.92 bits per heavy atom. The molecule has 0 unspecified atom stereocenters. The first-order valence-electron chi connectivity index (χ1n) is 11.8. The SMILES string of the molecule is COCc1nc(Nc2ccc3c(c2)N(C)C(=O)CC3(C)C)c2ncc(-c3ncccc3C(F)(F)F)cc2n1. The first kappa shape index (κ1) is 25.5. The largest absolute Gasteiger partial charge is 0.418 e. The van der Waals surface area contributed by atoms with E-state index >= 15 is 0 Å². The molecule has 1 aromatic carbocycles. The van der Waals surface area contributed by atoms with Crippen molar-refractivity contribution < 1.29 is 22.7 Å². The fourth-order valence-corrected chi connectivity index (χ4v) is 4.66. The van der Waals surface area contributed by atoms with Crippen LogP contribution in [0.3, 0.4) is 0 Å². The van der Waals surface area contributed by atoms with Crippen molar-refractivity contribution in [1.29, 1.82) is 0 Å². The number of carbonyl (C=O) groups is 1. The number of alkyl halides is 3. The van der Waals surface area contributed by atoms with Crippen LogP contribution >= 0.6 is 0 Å². The molecule has 4 aromatic rings. The third kappa shape index (κ3) is 4.65. The Bertz CT molecular complexity index is 1550. The van der Waals surface area contributed by atoms with Crippen LogP contribution in [0.2, 0.25) is 0 Å². The van der Waals surface area contributed by atoms with Gasteiger partial charge in [0.25, 0.3) is 0 Å². The van der Waals surface area contributed by atoms with E-state index in [1.54, 1.807) is 11.9 Å². The second kappa shape index (κ2) is 9.32. The molecule has 1 aliphatic heterocycles. The van der Waals surface area contributed by atoms with Gasteiger partial charge in [0.2, 0.25) is 5.91 Å². The van der Waals surface area contributed by atoms with Gasteiger partial charge in [-0.1, -0.05) is 19.9 Å². The molecule has 0 spiro atoms. The highest BCUT2D eigenvalue weighted by molar-refractivity contribution is 5.98. The van der Waals surface area contributed by atoms with Crippen molar-refractivity contribution in [2.75, 3.05) is 24.4 Å². The van der Waals surface area contributed by atoms with Crippen molar-refractivity contribution in [2.24, 2.45) is 0 Å². The number of nitrogens with zero attached hydrogens (tertiary/aromatic N) is 5. The number of methoxy groups -OCH3 is 1. The van der Waals surface area contributed by atoms with E-state index in [1.165, 1.54) is 31.6 Å². The molecule has 4 heterocycles. The fourth-order valence-electron chi connectivity index (χ4n) is 4.66. The number of benzene rings is 1. The lowest BCUT2D eigenvalue weighted by Gasteiger charge is -2.37. The predicted octanol–water partition coefficient (Wildman–Crippen LogP) is 5.64. The molecule has 0 saturated heterocycles. The molecule has 0 radical (unpaired) electrons. The number of hydrogen-bond acceptors (Lipinski definition) is 7. The maximum Gasteiger partial charge on any atom is 0.418 e. The minimum Gasteiger partial charge on any atom is -0.377 e. The summed E-state index contributed by atoms with van der Waals surface area (Å²) in [5.74, 6) is 0.705. The van der Waals surface area contributed by atoms with E-state index in [-0.39, 0.29) is 29.2 Å². The van der Waals surface area contributed by atoms with Gasteiger partial charge in [-0.15, -0.1) is 0 Å². The van der Waals surface area contributed by atoms with Gasteiger partial charge in [-0.2, -0.15) is 13.2 Å². The Hall–Kier alpha value is -4.12. The standard InChI is InChI=1S/C27H25F3N6O2/c1-26(2)12-22(37)36(3)20-11-16(7-8-17(20)26)33-25-24-19(34-21(35-25)14-38-4)10-15(13-32-24)23-18(27(28,29)30)6-5-9-31-23/h5-11,13H,12,14H2,1-4H3,(H,33,34,35). The first-order chi connectivity index (χ1) is 18.0. The number of rotatable bonds is 5. The van der Waals surface area contributed by atoms with Crippen LogP contribution in [-0.2, 0) is 27.7 Å². The quantitative estimate of drug-likeness (QED) is 0.363. The lowest BCUT2D eigenvalue weighted by molar-refractivity contribution is -0.137. The number of fused-ring (bicyclic) bond motifs is 2. The molecule has 0 fully saturated rings. The van der Waals surface area contributed by atoms with Gasteiger partial charge in [0.1, 0.15) is 12.1 Å². The van der Waals surface area contributed by atoms with Crippen molar-refractivity contribution in [2.45, 2.75) is 38.5 Å². The molecule has 3 aromatic heterocycles. The number of anilines is 3. The summed E-state index contributed by atoms with van der Waals surface area (Å²) in [5.41, 5.74) is 1.98. The van der Waals surface area contributed by atoms with Crippen LogP contribution in [0.4, 0.5) is 30.4 Å². The highest BCUT2D eigenvalue weighted by atomic mass is 19.4. The van der Waals surface area contributed by atoms with Crippen molar-refractivity contribution in [3.8, 4) is 11.3 Å². The predicted molar refractivity (Wildman–Crippen MR) is 137 cm³/mol. The van der Waals surface area contributed by atoms with Crippen LogP contribution in [0, 0.1) is 0 Å². The Morgan fingerprint density at radius 3 is 2.66 bits per heavy atom. The average Bonchev–Trinajstić information content (AvgIpc) is 2.86. The van der Waals surface area contributed by atoms with Gasteiger partial charge >= 0.3 is 6.18 Å². The molecule has 0 aliphatic carbocycles. The maximum absolute atomic E-state index is 13.6. The molecule has 0 atom stereocenters. The number of hydrogen-bond donors (Lipinski definition) is 1.